The van der Waals surface area contributed by atoms with Gasteiger partial charge in [0.05, 0.1) is 0 Å². The topological polar surface area (TPSA) is 40.5 Å². The Labute approximate surface area is 127 Å². The molecule has 0 aromatic carbocycles. The molecule has 1 unspecified atom stereocenters. The number of rotatable bonds is 3. The number of fused-ring (bicyclic) bond motifs is 1. The first-order valence-corrected chi connectivity index (χ1v) is 8.46. The number of thiophene rings is 2. The second-order valence-corrected chi connectivity index (χ2v) is 7.40. The Morgan fingerprint density at radius 1 is 1.53 bits per heavy atom. The molecule has 3 heterocycles. The fraction of sp³-hybridized carbons (Fsp3) is 0.308. The van der Waals surface area contributed by atoms with Gasteiger partial charge < -0.3 is 5.11 Å². The maximum Gasteiger partial charge on any atom is 0.325 e. The van der Waals surface area contributed by atoms with Gasteiger partial charge in [0.2, 0.25) is 0 Å². The van der Waals surface area contributed by atoms with Crippen LogP contribution in [0, 0.1) is 0 Å². The molecule has 0 amide bonds. The zero-order valence-corrected chi connectivity index (χ0v) is 13.2. The number of carboxylic acids is 1. The minimum Gasteiger partial charge on any atom is -0.480 e. The first-order valence-electron chi connectivity index (χ1n) is 5.91. The van der Waals surface area contributed by atoms with Crippen LogP contribution in [-0.2, 0) is 17.8 Å². The van der Waals surface area contributed by atoms with Crippen molar-refractivity contribution >= 4 is 44.6 Å². The standard InChI is InChI=1S/C13H12BrNO2S2/c14-8-5-9(19-7-8)6-15-3-1-11-10(2-4-18-11)12(15)13(16)17/h2,4-5,7,12H,1,3,6H2,(H,16,17). The summed E-state index contributed by atoms with van der Waals surface area (Å²) in [6.45, 7) is 1.50. The molecule has 0 aliphatic carbocycles. The lowest BCUT2D eigenvalue weighted by Gasteiger charge is -2.32. The van der Waals surface area contributed by atoms with Crippen molar-refractivity contribution in [3.8, 4) is 0 Å². The lowest BCUT2D eigenvalue weighted by molar-refractivity contribution is -0.144. The van der Waals surface area contributed by atoms with Gasteiger partial charge in [-0.2, -0.15) is 0 Å². The van der Waals surface area contributed by atoms with E-state index in [1.165, 1.54) is 9.75 Å². The molecular formula is C13H12BrNO2S2. The molecule has 1 aliphatic rings. The van der Waals surface area contributed by atoms with E-state index >= 15 is 0 Å². The van der Waals surface area contributed by atoms with Gasteiger partial charge in [-0.1, -0.05) is 0 Å². The fourth-order valence-electron chi connectivity index (χ4n) is 2.46. The van der Waals surface area contributed by atoms with Crippen molar-refractivity contribution in [1.82, 2.24) is 4.90 Å². The van der Waals surface area contributed by atoms with Crippen molar-refractivity contribution < 1.29 is 9.90 Å². The van der Waals surface area contributed by atoms with Gasteiger partial charge in [0.15, 0.2) is 0 Å². The van der Waals surface area contributed by atoms with Crippen molar-refractivity contribution in [2.24, 2.45) is 0 Å². The van der Waals surface area contributed by atoms with Gasteiger partial charge in [0.1, 0.15) is 6.04 Å². The van der Waals surface area contributed by atoms with Gasteiger partial charge in [-0.3, -0.25) is 9.69 Å². The Hall–Kier alpha value is -0.690. The predicted octanol–water partition coefficient (Wildman–Crippen LogP) is 3.76. The first-order chi connectivity index (χ1) is 9.15. The number of carboxylic acid groups (broad SMARTS) is 1. The zero-order valence-electron chi connectivity index (χ0n) is 10.0. The molecule has 0 radical (unpaired) electrons. The Kier molecular flexibility index (Phi) is 3.75. The van der Waals surface area contributed by atoms with Gasteiger partial charge in [0.25, 0.3) is 0 Å². The van der Waals surface area contributed by atoms with E-state index in [1.54, 1.807) is 22.7 Å². The molecule has 3 rings (SSSR count). The highest BCUT2D eigenvalue weighted by Crippen LogP contribution is 2.35. The second kappa shape index (κ2) is 5.36. The maximum absolute atomic E-state index is 11.6. The van der Waals surface area contributed by atoms with Crippen molar-refractivity contribution in [2.45, 2.75) is 19.0 Å². The molecule has 100 valence electrons. The normalized spacial score (nSPS) is 19.3. The third-order valence-corrected chi connectivity index (χ3v) is 5.96. The smallest absolute Gasteiger partial charge is 0.325 e. The summed E-state index contributed by atoms with van der Waals surface area (Å²) in [7, 11) is 0. The number of hydrogen-bond acceptors (Lipinski definition) is 4. The second-order valence-electron chi connectivity index (χ2n) is 4.49. The number of halogens is 1. The first kappa shape index (κ1) is 13.3. The highest BCUT2D eigenvalue weighted by molar-refractivity contribution is 9.10. The van der Waals surface area contributed by atoms with Crippen molar-refractivity contribution in [3.05, 3.63) is 42.7 Å². The molecule has 19 heavy (non-hydrogen) atoms. The van der Waals surface area contributed by atoms with Gasteiger partial charge in [0, 0.05) is 32.7 Å². The van der Waals surface area contributed by atoms with E-state index in [2.05, 4.69) is 26.9 Å². The Morgan fingerprint density at radius 2 is 2.37 bits per heavy atom. The van der Waals surface area contributed by atoms with E-state index in [1.807, 2.05) is 16.8 Å². The number of carbonyl (C=O) groups is 1. The minimum atomic E-state index is -0.755. The number of aliphatic carboxylic acids is 1. The molecule has 0 saturated carbocycles. The van der Waals surface area contributed by atoms with Crippen LogP contribution in [0.15, 0.2) is 27.4 Å². The average Bonchev–Trinajstić information content (AvgIpc) is 2.97. The zero-order chi connectivity index (χ0) is 13.4. The fourth-order valence-corrected chi connectivity index (χ4v) is 4.84. The maximum atomic E-state index is 11.6. The van der Waals surface area contributed by atoms with Gasteiger partial charge >= 0.3 is 5.97 Å². The molecule has 0 fully saturated rings. The third-order valence-electron chi connectivity index (χ3n) is 3.28. The molecule has 2 aromatic rings. The summed E-state index contributed by atoms with van der Waals surface area (Å²) in [5.41, 5.74) is 0.972. The summed E-state index contributed by atoms with van der Waals surface area (Å²) in [6, 6.07) is 3.51. The molecule has 6 heteroatoms. The van der Waals surface area contributed by atoms with E-state index < -0.39 is 12.0 Å². The molecule has 0 bridgehead atoms. The summed E-state index contributed by atoms with van der Waals surface area (Å²) >= 11 is 6.76. The molecule has 3 nitrogen and oxygen atoms in total. The molecule has 1 atom stereocenters. The molecule has 1 aliphatic heterocycles. The summed E-state index contributed by atoms with van der Waals surface area (Å²) in [5.74, 6) is -0.755. The van der Waals surface area contributed by atoms with Crippen LogP contribution >= 0.6 is 38.6 Å². The van der Waals surface area contributed by atoms with Crippen molar-refractivity contribution in [1.29, 1.82) is 0 Å². The lowest BCUT2D eigenvalue weighted by Crippen LogP contribution is -2.38. The molecule has 2 aromatic heterocycles. The molecular weight excluding hydrogens is 346 g/mol. The van der Waals surface area contributed by atoms with E-state index in [9.17, 15) is 9.90 Å². The summed E-state index contributed by atoms with van der Waals surface area (Å²) < 4.78 is 1.06. The largest absolute Gasteiger partial charge is 0.480 e. The van der Waals surface area contributed by atoms with E-state index in [4.69, 9.17) is 0 Å². The van der Waals surface area contributed by atoms with Crippen molar-refractivity contribution in [3.63, 3.8) is 0 Å². The molecule has 0 spiro atoms. The SMILES string of the molecule is O=C(O)C1c2ccsc2CCN1Cc1cc(Br)cs1. The van der Waals surface area contributed by atoms with Gasteiger partial charge in [-0.25, -0.2) is 0 Å². The summed E-state index contributed by atoms with van der Waals surface area (Å²) in [6.07, 6.45) is 0.948. The number of nitrogens with zero attached hydrogens (tertiary/aromatic N) is 1. The van der Waals surface area contributed by atoms with Gasteiger partial charge in [-0.05, 0) is 45.4 Å². The molecule has 1 N–H and O–H groups in total. The van der Waals surface area contributed by atoms with E-state index in [0.717, 1.165) is 23.0 Å². The van der Waals surface area contributed by atoms with Crippen LogP contribution in [-0.4, -0.2) is 22.5 Å². The number of hydrogen-bond donors (Lipinski definition) is 1. The third kappa shape index (κ3) is 2.63. The van der Waals surface area contributed by atoms with Crippen LogP contribution < -0.4 is 0 Å². The lowest BCUT2D eigenvalue weighted by atomic mass is 10.00. The van der Waals surface area contributed by atoms with Gasteiger partial charge in [-0.15, -0.1) is 22.7 Å². The highest BCUT2D eigenvalue weighted by Gasteiger charge is 2.33. The summed E-state index contributed by atoms with van der Waals surface area (Å²) in [4.78, 5) is 16.0. The van der Waals surface area contributed by atoms with E-state index in [0.29, 0.717) is 6.54 Å². The van der Waals surface area contributed by atoms with Crippen LogP contribution in [0.5, 0.6) is 0 Å². The van der Waals surface area contributed by atoms with E-state index in [-0.39, 0.29) is 0 Å². The van der Waals surface area contributed by atoms with Crippen LogP contribution in [0.4, 0.5) is 0 Å². The monoisotopic (exact) mass is 357 g/mol. The Morgan fingerprint density at radius 3 is 3.05 bits per heavy atom. The van der Waals surface area contributed by atoms with Crippen LogP contribution in [0.25, 0.3) is 0 Å². The molecule has 0 saturated heterocycles. The Bertz CT molecular complexity index is 607. The average molecular weight is 358 g/mol. The quantitative estimate of drug-likeness (QED) is 0.908. The highest BCUT2D eigenvalue weighted by atomic mass is 79.9. The summed E-state index contributed by atoms with van der Waals surface area (Å²) in [5, 5.41) is 13.5. The Balaban J connectivity index is 1.87. The predicted molar refractivity (Wildman–Crippen MR) is 80.8 cm³/mol. The van der Waals surface area contributed by atoms with Crippen LogP contribution in [0.1, 0.15) is 21.4 Å². The van der Waals surface area contributed by atoms with Crippen molar-refractivity contribution in [2.75, 3.05) is 6.54 Å². The minimum absolute atomic E-state index is 0.504. The van der Waals surface area contributed by atoms with Crippen LogP contribution in [0.3, 0.4) is 0 Å². The van der Waals surface area contributed by atoms with Crippen LogP contribution in [0.2, 0.25) is 0 Å².